The van der Waals surface area contributed by atoms with E-state index in [1.807, 2.05) is 24.3 Å². The van der Waals surface area contributed by atoms with Gasteiger partial charge < -0.3 is 0 Å². The molecule has 162 valence electrons. The molecule has 0 saturated heterocycles. The van der Waals surface area contributed by atoms with Crippen LogP contribution in [0.3, 0.4) is 0 Å². The number of sulfonamides is 1. The number of aryl methyl sites for hydroxylation is 2. The van der Waals surface area contributed by atoms with Crippen molar-refractivity contribution in [2.45, 2.75) is 14.7 Å². The van der Waals surface area contributed by atoms with Gasteiger partial charge in [-0.05, 0) is 42.5 Å². The van der Waals surface area contributed by atoms with Crippen molar-refractivity contribution >= 4 is 50.1 Å². The van der Waals surface area contributed by atoms with E-state index >= 15 is 0 Å². The van der Waals surface area contributed by atoms with Crippen LogP contribution in [0.25, 0.3) is 11.0 Å². The summed E-state index contributed by atoms with van der Waals surface area (Å²) in [5.74, 6) is 0. The molecule has 32 heavy (non-hydrogen) atoms. The molecule has 0 bridgehead atoms. The van der Waals surface area contributed by atoms with Crippen molar-refractivity contribution in [2.75, 3.05) is 4.72 Å². The number of fused-ring (bicyclic) bond motifs is 1. The highest BCUT2D eigenvalue weighted by Gasteiger charge is 2.20. The van der Waals surface area contributed by atoms with Crippen LogP contribution in [0.1, 0.15) is 5.56 Å². The lowest BCUT2D eigenvalue weighted by atomic mass is 10.2. The van der Waals surface area contributed by atoms with Crippen molar-refractivity contribution in [3.63, 3.8) is 0 Å². The smallest absolute Gasteiger partial charge is 0.295 e. The highest BCUT2D eigenvalue weighted by molar-refractivity contribution is 7.99. The van der Waals surface area contributed by atoms with E-state index in [1.165, 1.54) is 45.2 Å². The molecule has 0 radical (unpaired) electrons. The molecule has 0 aliphatic carbocycles. The standard InChI is InChI=1S/C22H17ClN4O3S2/c1-26-18-11-17(25-32(29,30)15-7-5-6-14(10-15)13-24)21(12-19(18)27(2)22(26)28)31-20-9-4-3-8-16(20)23/h3-12,25H,1-2H3. The summed E-state index contributed by atoms with van der Waals surface area (Å²) >= 11 is 7.61. The summed E-state index contributed by atoms with van der Waals surface area (Å²) in [6, 6.07) is 18.3. The van der Waals surface area contributed by atoms with Crippen LogP contribution in [-0.4, -0.2) is 17.6 Å². The van der Waals surface area contributed by atoms with Gasteiger partial charge in [-0.15, -0.1) is 0 Å². The first-order valence-corrected chi connectivity index (χ1v) is 12.0. The number of aromatic nitrogens is 2. The number of halogens is 1. The van der Waals surface area contributed by atoms with Gasteiger partial charge in [0.1, 0.15) is 0 Å². The number of nitrogens with zero attached hydrogens (tertiary/aromatic N) is 3. The SMILES string of the molecule is Cn1c(=O)n(C)c2cc(Sc3ccccc3Cl)c(NS(=O)(=O)c3cccc(C#N)c3)cc21. The van der Waals surface area contributed by atoms with Crippen LogP contribution in [0, 0.1) is 11.3 Å². The van der Waals surface area contributed by atoms with Crippen molar-refractivity contribution in [3.8, 4) is 6.07 Å². The van der Waals surface area contributed by atoms with Crippen LogP contribution in [-0.2, 0) is 24.1 Å². The molecule has 0 amide bonds. The summed E-state index contributed by atoms with van der Waals surface area (Å²) in [4.78, 5) is 13.7. The van der Waals surface area contributed by atoms with Crippen molar-refractivity contribution < 1.29 is 8.42 Å². The van der Waals surface area contributed by atoms with Gasteiger partial charge in [-0.2, -0.15) is 5.26 Å². The fourth-order valence-corrected chi connectivity index (χ4v) is 5.64. The van der Waals surface area contributed by atoms with Crippen LogP contribution in [0.15, 0.2) is 80.1 Å². The van der Waals surface area contributed by atoms with E-state index in [4.69, 9.17) is 16.9 Å². The molecule has 10 heteroatoms. The van der Waals surface area contributed by atoms with Gasteiger partial charge in [0.2, 0.25) is 0 Å². The highest BCUT2D eigenvalue weighted by Crippen LogP contribution is 2.39. The predicted molar refractivity (Wildman–Crippen MR) is 126 cm³/mol. The molecule has 4 rings (SSSR count). The molecule has 1 heterocycles. The zero-order chi connectivity index (χ0) is 23.0. The molecule has 0 atom stereocenters. The Morgan fingerprint density at radius 2 is 1.66 bits per heavy atom. The third-order valence-electron chi connectivity index (χ3n) is 4.95. The molecular formula is C22H17ClN4O3S2. The zero-order valence-electron chi connectivity index (χ0n) is 17.0. The lowest BCUT2D eigenvalue weighted by molar-refractivity contribution is 0.601. The second-order valence-corrected chi connectivity index (χ2v) is 10.2. The van der Waals surface area contributed by atoms with Gasteiger partial charge in [-0.3, -0.25) is 13.9 Å². The van der Waals surface area contributed by atoms with E-state index in [1.54, 1.807) is 32.3 Å². The highest BCUT2D eigenvalue weighted by atomic mass is 35.5. The largest absolute Gasteiger partial charge is 0.328 e. The molecule has 0 aliphatic rings. The number of rotatable bonds is 5. The fraction of sp³-hybridized carbons (Fsp3) is 0.0909. The average Bonchev–Trinajstić information content (AvgIpc) is 2.99. The van der Waals surface area contributed by atoms with Gasteiger partial charge in [-0.25, -0.2) is 13.2 Å². The Hall–Kier alpha value is -3.19. The van der Waals surface area contributed by atoms with Crippen molar-refractivity contribution in [2.24, 2.45) is 14.1 Å². The van der Waals surface area contributed by atoms with Crippen LogP contribution in [0.5, 0.6) is 0 Å². The van der Waals surface area contributed by atoms with E-state index in [2.05, 4.69) is 4.72 Å². The van der Waals surface area contributed by atoms with E-state index < -0.39 is 10.0 Å². The van der Waals surface area contributed by atoms with Gasteiger partial charge in [0.15, 0.2) is 0 Å². The van der Waals surface area contributed by atoms with E-state index in [-0.39, 0.29) is 16.1 Å². The van der Waals surface area contributed by atoms with Crippen LogP contribution in [0.2, 0.25) is 5.02 Å². The minimum atomic E-state index is -4.00. The molecule has 3 aromatic carbocycles. The maximum Gasteiger partial charge on any atom is 0.328 e. The van der Waals surface area contributed by atoms with Crippen molar-refractivity contribution in [1.29, 1.82) is 5.26 Å². The Morgan fingerprint density at radius 1 is 0.969 bits per heavy atom. The normalized spacial score (nSPS) is 11.4. The van der Waals surface area contributed by atoms with Gasteiger partial charge >= 0.3 is 5.69 Å². The molecule has 0 saturated carbocycles. The third-order valence-corrected chi connectivity index (χ3v) is 7.89. The quantitative estimate of drug-likeness (QED) is 0.454. The Balaban J connectivity index is 1.88. The number of anilines is 1. The van der Waals surface area contributed by atoms with Crippen LogP contribution in [0.4, 0.5) is 5.69 Å². The monoisotopic (exact) mass is 484 g/mol. The topological polar surface area (TPSA) is 96.9 Å². The van der Waals surface area contributed by atoms with Gasteiger partial charge in [-0.1, -0.05) is 41.6 Å². The van der Waals surface area contributed by atoms with Gasteiger partial charge in [0.05, 0.1) is 38.3 Å². The maximum atomic E-state index is 13.1. The lowest BCUT2D eigenvalue weighted by Crippen LogP contribution is -2.19. The first kappa shape index (κ1) is 22.0. The summed E-state index contributed by atoms with van der Waals surface area (Å²) in [5.41, 5.74) is 1.53. The number of hydrogen-bond acceptors (Lipinski definition) is 5. The van der Waals surface area contributed by atoms with Gasteiger partial charge in [0, 0.05) is 23.9 Å². The first-order valence-electron chi connectivity index (χ1n) is 9.36. The van der Waals surface area contributed by atoms with E-state index in [0.29, 0.717) is 26.6 Å². The molecule has 0 spiro atoms. The fourth-order valence-electron chi connectivity index (χ4n) is 3.27. The van der Waals surface area contributed by atoms with E-state index in [9.17, 15) is 13.2 Å². The number of hydrogen-bond donors (Lipinski definition) is 1. The van der Waals surface area contributed by atoms with Gasteiger partial charge in [0.25, 0.3) is 10.0 Å². The Labute approximate surface area is 193 Å². The number of imidazole rings is 1. The summed E-state index contributed by atoms with van der Waals surface area (Å²) in [5, 5.41) is 9.64. The molecule has 1 N–H and O–H groups in total. The predicted octanol–water partition coefficient (Wildman–Crippen LogP) is 4.35. The summed E-state index contributed by atoms with van der Waals surface area (Å²) in [6.07, 6.45) is 0. The lowest BCUT2D eigenvalue weighted by Gasteiger charge is -2.14. The molecular weight excluding hydrogens is 468 g/mol. The Kier molecular flexibility index (Phi) is 5.77. The van der Waals surface area contributed by atoms with Crippen molar-refractivity contribution in [3.05, 3.63) is 81.7 Å². The maximum absolute atomic E-state index is 13.1. The molecule has 1 aromatic heterocycles. The summed E-state index contributed by atoms with van der Waals surface area (Å²) < 4.78 is 31.8. The second-order valence-electron chi connectivity index (χ2n) is 7.02. The minimum Gasteiger partial charge on any atom is -0.295 e. The number of benzene rings is 3. The minimum absolute atomic E-state index is 0.0349. The van der Waals surface area contributed by atoms with Crippen LogP contribution >= 0.6 is 23.4 Å². The Morgan fingerprint density at radius 3 is 2.34 bits per heavy atom. The van der Waals surface area contributed by atoms with Crippen LogP contribution < -0.4 is 10.4 Å². The molecule has 0 unspecified atom stereocenters. The third kappa shape index (κ3) is 4.00. The average molecular weight is 485 g/mol. The molecule has 4 aromatic rings. The number of nitrogens with one attached hydrogen (secondary N) is 1. The second kappa shape index (κ2) is 8.39. The Bertz CT molecular complexity index is 1570. The molecule has 7 nitrogen and oxygen atoms in total. The molecule has 0 aliphatic heterocycles. The summed E-state index contributed by atoms with van der Waals surface area (Å²) in [7, 11) is -0.713. The van der Waals surface area contributed by atoms with E-state index in [0.717, 1.165) is 4.90 Å². The molecule has 0 fully saturated rings. The first-order chi connectivity index (χ1) is 15.2. The summed E-state index contributed by atoms with van der Waals surface area (Å²) in [6.45, 7) is 0. The van der Waals surface area contributed by atoms with Crippen molar-refractivity contribution in [1.82, 2.24) is 9.13 Å². The number of nitriles is 1. The zero-order valence-corrected chi connectivity index (χ0v) is 19.4.